The van der Waals surface area contributed by atoms with Crippen molar-refractivity contribution >= 4 is 5.69 Å². The van der Waals surface area contributed by atoms with Gasteiger partial charge in [-0.15, -0.1) is 0 Å². The molecule has 3 rings (SSSR count). The normalized spacial score (nSPS) is 11.2. The molecule has 1 atom stereocenters. The van der Waals surface area contributed by atoms with Gasteiger partial charge >= 0.3 is 0 Å². The van der Waals surface area contributed by atoms with Crippen LogP contribution in [-0.2, 0) is 0 Å². The van der Waals surface area contributed by atoms with Gasteiger partial charge in [-0.3, -0.25) is 10.1 Å². The molecule has 25 heavy (non-hydrogen) atoms. The zero-order valence-corrected chi connectivity index (χ0v) is 13.3. The van der Waals surface area contributed by atoms with Gasteiger partial charge in [0.15, 0.2) is 0 Å². The third-order valence-electron chi connectivity index (χ3n) is 3.75. The summed E-state index contributed by atoms with van der Waals surface area (Å²) in [5, 5.41) is 21.5. The lowest BCUT2D eigenvalue weighted by molar-refractivity contribution is -0.384. The first-order chi connectivity index (χ1) is 12.1. The van der Waals surface area contributed by atoms with Crippen LogP contribution in [0.4, 0.5) is 5.69 Å². The molecule has 122 valence electrons. The Bertz CT molecular complexity index is 955. The molecule has 0 aromatic heterocycles. The minimum atomic E-state index is -0.990. The summed E-state index contributed by atoms with van der Waals surface area (Å²) < 4.78 is 0. The highest BCUT2D eigenvalue weighted by molar-refractivity contribution is 5.70. The Morgan fingerprint density at radius 2 is 1.64 bits per heavy atom. The second-order valence-electron chi connectivity index (χ2n) is 5.43. The fraction of sp³-hybridized carbons (Fsp3) is 0.0476. The van der Waals surface area contributed by atoms with Gasteiger partial charge in [-0.1, -0.05) is 66.4 Å². The second-order valence-corrected chi connectivity index (χ2v) is 5.43. The zero-order valence-electron chi connectivity index (χ0n) is 13.3. The molecule has 0 fully saturated rings. The van der Waals surface area contributed by atoms with Crippen molar-refractivity contribution in [3.8, 4) is 23.0 Å². The van der Waals surface area contributed by atoms with Gasteiger partial charge in [0, 0.05) is 23.3 Å². The SMILES string of the molecule is O=[N+]([O-])c1cccc(-c2ccccc2C(O)C#Cc2ccccc2)c1. The summed E-state index contributed by atoms with van der Waals surface area (Å²) in [5.74, 6) is 5.78. The Balaban J connectivity index is 1.98. The number of hydrogen-bond donors (Lipinski definition) is 1. The average Bonchev–Trinajstić information content (AvgIpc) is 2.67. The summed E-state index contributed by atoms with van der Waals surface area (Å²) in [7, 11) is 0. The monoisotopic (exact) mass is 329 g/mol. The van der Waals surface area contributed by atoms with Crippen LogP contribution in [0.3, 0.4) is 0 Å². The van der Waals surface area contributed by atoms with Crippen molar-refractivity contribution in [1.29, 1.82) is 0 Å². The number of benzene rings is 3. The van der Waals surface area contributed by atoms with E-state index >= 15 is 0 Å². The molecule has 0 amide bonds. The van der Waals surface area contributed by atoms with E-state index in [2.05, 4.69) is 11.8 Å². The molecular formula is C21H15NO3. The number of aliphatic hydroxyl groups excluding tert-OH is 1. The fourth-order valence-electron chi connectivity index (χ4n) is 2.54. The smallest absolute Gasteiger partial charge is 0.270 e. The number of nitro benzene ring substituents is 1. The third-order valence-corrected chi connectivity index (χ3v) is 3.75. The molecular weight excluding hydrogens is 314 g/mol. The summed E-state index contributed by atoms with van der Waals surface area (Å²) in [6.07, 6.45) is -0.990. The van der Waals surface area contributed by atoms with Gasteiger partial charge < -0.3 is 5.11 Å². The first kappa shape index (κ1) is 16.4. The predicted octanol–water partition coefficient (Wildman–Crippen LogP) is 4.35. The summed E-state index contributed by atoms with van der Waals surface area (Å²) in [4.78, 5) is 10.6. The second kappa shape index (κ2) is 7.43. The molecule has 3 aromatic rings. The lowest BCUT2D eigenvalue weighted by atomic mass is 9.96. The van der Waals surface area contributed by atoms with E-state index < -0.39 is 11.0 Å². The summed E-state index contributed by atoms with van der Waals surface area (Å²) in [6.45, 7) is 0. The van der Waals surface area contributed by atoms with E-state index in [1.165, 1.54) is 12.1 Å². The Morgan fingerprint density at radius 3 is 2.40 bits per heavy atom. The Labute approximate surface area is 145 Å². The topological polar surface area (TPSA) is 63.4 Å². The molecule has 0 bridgehead atoms. The van der Waals surface area contributed by atoms with Crippen LogP contribution in [0.25, 0.3) is 11.1 Å². The van der Waals surface area contributed by atoms with Crippen molar-refractivity contribution in [1.82, 2.24) is 0 Å². The molecule has 0 aliphatic rings. The van der Waals surface area contributed by atoms with Gasteiger partial charge in [0.1, 0.15) is 6.10 Å². The molecule has 3 aromatic carbocycles. The van der Waals surface area contributed by atoms with E-state index in [1.54, 1.807) is 18.2 Å². The Morgan fingerprint density at radius 1 is 0.920 bits per heavy atom. The van der Waals surface area contributed by atoms with Crippen molar-refractivity contribution in [2.24, 2.45) is 0 Å². The van der Waals surface area contributed by atoms with Crippen molar-refractivity contribution in [3.63, 3.8) is 0 Å². The van der Waals surface area contributed by atoms with Crippen LogP contribution in [-0.4, -0.2) is 10.0 Å². The van der Waals surface area contributed by atoms with E-state index in [0.717, 1.165) is 11.1 Å². The fourth-order valence-corrected chi connectivity index (χ4v) is 2.54. The molecule has 0 saturated heterocycles. The zero-order chi connectivity index (χ0) is 17.6. The third kappa shape index (κ3) is 3.92. The van der Waals surface area contributed by atoms with Crippen LogP contribution in [0.15, 0.2) is 78.9 Å². The highest BCUT2D eigenvalue weighted by Crippen LogP contribution is 2.30. The average molecular weight is 329 g/mol. The van der Waals surface area contributed by atoms with Crippen molar-refractivity contribution in [3.05, 3.63) is 100 Å². The Kier molecular flexibility index (Phi) is 4.89. The maximum atomic E-state index is 11.0. The molecule has 1 N–H and O–H groups in total. The highest BCUT2D eigenvalue weighted by Gasteiger charge is 2.13. The van der Waals surface area contributed by atoms with Crippen LogP contribution in [0.5, 0.6) is 0 Å². The number of aliphatic hydroxyl groups is 1. The highest BCUT2D eigenvalue weighted by atomic mass is 16.6. The lowest BCUT2D eigenvalue weighted by Gasteiger charge is -2.11. The molecule has 4 nitrogen and oxygen atoms in total. The van der Waals surface area contributed by atoms with E-state index in [4.69, 9.17) is 0 Å². The van der Waals surface area contributed by atoms with E-state index in [9.17, 15) is 15.2 Å². The summed E-state index contributed by atoms with van der Waals surface area (Å²) >= 11 is 0. The predicted molar refractivity (Wildman–Crippen MR) is 96.8 cm³/mol. The van der Waals surface area contributed by atoms with Gasteiger partial charge in [-0.2, -0.15) is 0 Å². The van der Waals surface area contributed by atoms with E-state index in [1.807, 2.05) is 48.5 Å². The van der Waals surface area contributed by atoms with Crippen LogP contribution in [0.2, 0.25) is 0 Å². The van der Waals surface area contributed by atoms with Crippen LogP contribution in [0.1, 0.15) is 17.2 Å². The summed E-state index contributed by atoms with van der Waals surface area (Å²) in [5.41, 5.74) is 2.84. The van der Waals surface area contributed by atoms with E-state index in [-0.39, 0.29) is 5.69 Å². The van der Waals surface area contributed by atoms with Gasteiger partial charge in [0.05, 0.1) is 4.92 Å². The quantitative estimate of drug-likeness (QED) is 0.441. The van der Waals surface area contributed by atoms with Gasteiger partial charge in [-0.05, 0) is 23.3 Å². The van der Waals surface area contributed by atoms with Crippen molar-refractivity contribution in [2.75, 3.05) is 0 Å². The standard InChI is InChI=1S/C21H15NO3/c23-21(14-13-16-7-2-1-3-8-16)20-12-5-4-11-19(20)17-9-6-10-18(15-17)22(24)25/h1-12,15,21,23H. The molecule has 1 unspecified atom stereocenters. The van der Waals surface area contributed by atoms with Crippen LogP contribution < -0.4 is 0 Å². The molecule has 0 heterocycles. The van der Waals surface area contributed by atoms with Crippen molar-refractivity contribution < 1.29 is 10.0 Å². The van der Waals surface area contributed by atoms with Crippen LogP contribution in [0, 0.1) is 22.0 Å². The lowest BCUT2D eigenvalue weighted by Crippen LogP contribution is -1.97. The van der Waals surface area contributed by atoms with E-state index in [0.29, 0.717) is 11.1 Å². The first-order valence-electron chi connectivity index (χ1n) is 7.73. The molecule has 0 aliphatic heterocycles. The number of rotatable bonds is 3. The molecule has 4 heteroatoms. The minimum absolute atomic E-state index is 0.0113. The minimum Gasteiger partial charge on any atom is -0.376 e. The van der Waals surface area contributed by atoms with Crippen LogP contribution >= 0.6 is 0 Å². The number of hydrogen-bond acceptors (Lipinski definition) is 3. The van der Waals surface area contributed by atoms with Gasteiger partial charge in [0.2, 0.25) is 0 Å². The number of nitrogens with zero attached hydrogens (tertiary/aromatic N) is 1. The van der Waals surface area contributed by atoms with Gasteiger partial charge in [-0.25, -0.2) is 0 Å². The maximum Gasteiger partial charge on any atom is 0.270 e. The van der Waals surface area contributed by atoms with Gasteiger partial charge in [0.25, 0.3) is 5.69 Å². The van der Waals surface area contributed by atoms with Crippen molar-refractivity contribution in [2.45, 2.75) is 6.10 Å². The summed E-state index contributed by atoms with van der Waals surface area (Å²) in [6, 6.07) is 23.0. The Hall–Kier alpha value is -3.42. The molecule has 0 saturated carbocycles. The maximum absolute atomic E-state index is 11.0. The number of non-ortho nitro benzene ring substituents is 1. The first-order valence-corrected chi connectivity index (χ1v) is 7.73. The largest absolute Gasteiger partial charge is 0.376 e. The number of nitro groups is 1. The molecule has 0 spiro atoms. The molecule has 0 aliphatic carbocycles. The molecule has 0 radical (unpaired) electrons.